The smallest absolute Gasteiger partial charge is 0.338 e. The Morgan fingerprint density at radius 1 is 1.00 bits per heavy atom. The van der Waals surface area contributed by atoms with Gasteiger partial charge in [-0.2, -0.15) is 0 Å². The second kappa shape index (κ2) is 9.93. The van der Waals surface area contributed by atoms with Crippen molar-refractivity contribution in [1.82, 2.24) is 5.32 Å². The van der Waals surface area contributed by atoms with E-state index >= 15 is 0 Å². The van der Waals surface area contributed by atoms with Crippen LogP contribution in [0, 0.1) is 5.92 Å². The van der Waals surface area contributed by atoms with E-state index in [1.807, 2.05) is 30.3 Å². The van der Waals surface area contributed by atoms with Crippen molar-refractivity contribution in [3.63, 3.8) is 0 Å². The molecule has 1 fully saturated rings. The second-order valence-electron chi connectivity index (χ2n) is 7.31. The van der Waals surface area contributed by atoms with Crippen molar-refractivity contribution in [2.24, 2.45) is 5.92 Å². The largest absolute Gasteiger partial charge is 0.489 e. The van der Waals surface area contributed by atoms with Crippen LogP contribution in [0.4, 0.5) is 0 Å². The SMILES string of the molecule is C[C@@H]1CCCC[C@H]1NC(=O)COC(=O)c1ccc(OCc2ccccc2)cc1. The lowest BCUT2D eigenvalue weighted by Gasteiger charge is -2.29. The molecule has 28 heavy (non-hydrogen) atoms. The maximum atomic E-state index is 12.2. The van der Waals surface area contributed by atoms with E-state index < -0.39 is 5.97 Å². The molecule has 0 saturated heterocycles. The molecule has 5 nitrogen and oxygen atoms in total. The summed E-state index contributed by atoms with van der Waals surface area (Å²) in [4.78, 5) is 24.2. The molecule has 1 aliphatic carbocycles. The number of rotatable bonds is 7. The minimum Gasteiger partial charge on any atom is -0.489 e. The molecule has 1 aliphatic rings. The number of esters is 1. The summed E-state index contributed by atoms with van der Waals surface area (Å²) in [6.07, 6.45) is 4.47. The maximum absolute atomic E-state index is 12.2. The average molecular weight is 381 g/mol. The quantitative estimate of drug-likeness (QED) is 0.733. The summed E-state index contributed by atoms with van der Waals surface area (Å²) < 4.78 is 10.8. The molecule has 0 spiro atoms. The summed E-state index contributed by atoms with van der Waals surface area (Å²) in [5.41, 5.74) is 1.47. The number of amides is 1. The third-order valence-electron chi connectivity index (χ3n) is 5.13. The van der Waals surface area contributed by atoms with Gasteiger partial charge in [-0.25, -0.2) is 4.79 Å². The lowest BCUT2D eigenvalue weighted by Crippen LogP contribution is -2.42. The second-order valence-corrected chi connectivity index (χ2v) is 7.31. The Morgan fingerprint density at radius 3 is 2.43 bits per heavy atom. The third-order valence-corrected chi connectivity index (χ3v) is 5.13. The van der Waals surface area contributed by atoms with E-state index in [9.17, 15) is 9.59 Å². The Kier molecular flexibility index (Phi) is 7.06. The number of carbonyl (C=O) groups excluding carboxylic acids is 2. The van der Waals surface area contributed by atoms with Crippen molar-refractivity contribution in [2.75, 3.05) is 6.61 Å². The van der Waals surface area contributed by atoms with Crippen LogP contribution < -0.4 is 10.1 Å². The van der Waals surface area contributed by atoms with Crippen molar-refractivity contribution >= 4 is 11.9 Å². The van der Waals surface area contributed by atoms with Crippen LogP contribution in [-0.4, -0.2) is 24.5 Å². The monoisotopic (exact) mass is 381 g/mol. The number of hydrogen-bond acceptors (Lipinski definition) is 4. The van der Waals surface area contributed by atoms with Crippen LogP contribution >= 0.6 is 0 Å². The molecule has 5 heteroatoms. The first-order chi connectivity index (χ1) is 13.6. The molecular weight excluding hydrogens is 354 g/mol. The van der Waals surface area contributed by atoms with Gasteiger partial charge in [-0.15, -0.1) is 0 Å². The van der Waals surface area contributed by atoms with Gasteiger partial charge in [0.1, 0.15) is 12.4 Å². The van der Waals surface area contributed by atoms with Crippen LogP contribution in [0.25, 0.3) is 0 Å². The van der Waals surface area contributed by atoms with E-state index in [1.165, 1.54) is 6.42 Å². The van der Waals surface area contributed by atoms with Crippen molar-refractivity contribution in [2.45, 2.75) is 45.3 Å². The minimum atomic E-state index is -0.513. The van der Waals surface area contributed by atoms with Crippen LogP contribution in [-0.2, 0) is 16.1 Å². The molecule has 0 heterocycles. The topological polar surface area (TPSA) is 64.6 Å². The fraction of sp³-hybridized carbons (Fsp3) is 0.391. The number of nitrogens with one attached hydrogen (secondary N) is 1. The Labute approximate surface area is 166 Å². The molecule has 148 valence electrons. The molecule has 0 unspecified atom stereocenters. The first-order valence-corrected chi connectivity index (χ1v) is 9.85. The molecule has 1 amide bonds. The van der Waals surface area contributed by atoms with Gasteiger partial charge in [-0.05, 0) is 48.6 Å². The highest BCUT2D eigenvalue weighted by Gasteiger charge is 2.23. The molecular formula is C23H27NO4. The van der Waals surface area contributed by atoms with Gasteiger partial charge in [0.15, 0.2) is 6.61 Å². The fourth-order valence-corrected chi connectivity index (χ4v) is 3.42. The highest BCUT2D eigenvalue weighted by atomic mass is 16.5. The standard InChI is InChI=1S/C23H27NO4/c1-17-7-5-6-10-21(17)24-22(25)16-28-23(26)19-11-13-20(14-12-19)27-15-18-8-3-2-4-9-18/h2-4,8-9,11-14,17,21H,5-7,10,15-16H2,1H3,(H,24,25)/t17-,21-/m1/s1. The van der Waals surface area contributed by atoms with Gasteiger partial charge in [0, 0.05) is 6.04 Å². The predicted molar refractivity (Wildman–Crippen MR) is 107 cm³/mol. The average Bonchev–Trinajstić information content (AvgIpc) is 2.73. The molecule has 1 N–H and O–H groups in total. The maximum Gasteiger partial charge on any atom is 0.338 e. The van der Waals surface area contributed by atoms with Gasteiger partial charge in [0.2, 0.25) is 0 Å². The zero-order chi connectivity index (χ0) is 19.8. The molecule has 0 radical (unpaired) electrons. The molecule has 0 aliphatic heterocycles. The Hall–Kier alpha value is -2.82. The van der Waals surface area contributed by atoms with Crippen molar-refractivity contribution < 1.29 is 19.1 Å². The van der Waals surface area contributed by atoms with Crippen LogP contribution in [0.5, 0.6) is 5.75 Å². The zero-order valence-corrected chi connectivity index (χ0v) is 16.2. The Morgan fingerprint density at radius 2 is 1.71 bits per heavy atom. The summed E-state index contributed by atoms with van der Waals surface area (Å²) in [7, 11) is 0. The van der Waals surface area contributed by atoms with Gasteiger partial charge < -0.3 is 14.8 Å². The molecule has 1 saturated carbocycles. The number of ether oxygens (including phenoxy) is 2. The number of hydrogen-bond donors (Lipinski definition) is 1. The normalized spacial score (nSPS) is 18.9. The summed E-state index contributed by atoms with van der Waals surface area (Å²) in [5.74, 6) is 0.387. The summed E-state index contributed by atoms with van der Waals surface area (Å²) >= 11 is 0. The number of carbonyl (C=O) groups is 2. The lowest BCUT2D eigenvalue weighted by atomic mass is 9.86. The van der Waals surface area contributed by atoms with E-state index in [4.69, 9.17) is 9.47 Å². The van der Waals surface area contributed by atoms with E-state index in [-0.39, 0.29) is 18.6 Å². The molecule has 3 rings (SSSR count). The highest BCUT2D eigenvalue weighted by Crippen LogP contribution is 2.23. The first-order valence-electron chi connectivity index (χ1n) is 9.85. The summed E-state index contributed by atoms with van der Waals surface area (Å²) in [6.45, 7) is 2.36. The molecule has 0 aromatic heterocycles. The van der Waals surface area contributed by atoms with Crippen LogP contribution in [0.15, 0.2) is 54.6 Å². The molecule has 2 aromatic rings. The molecule has 2 aromatic carbocycles. The van der Waals surface area contributed by atoms with Gasteiger partial charge in [0.05, 0.1) is 5.56 Å². The Bertz CT molecular complexity index is 773. The van der Waals surface area contributed by atoms with Crippen LogP contribution in [0.1, 0.15) is 48.5 Å². The Balaban J connectivity index is 1.43. The van der Waals surface area contributed by atoms with Crippen LogP contribution in [0.3, 0.4) is 0 Å². The van der Waals surface area contributed by atoms with Crippen molar-refractivity contribution in [1.29, 1.82) is 0 Å². The van der Waals surface area contributed by atoms with E-state index in [2.05, 4.69) is 12.2 Å². The number of benzene rings is 2. The van der Waals surface area contributed by atoms with Gasteiger partial charge in [-0.3, -0.25) is 4.79 Å². The summed E-state index contributed by atoms with van der Waals surface area (Å²) in [6, 6.07) is 16.8. The predicted octanol–water partition coefficient (Wildman–Crippen LogP) is 4.12. The van der Waals surface area contributed by atoms with E-state index in [0.717, 1.165) is 24.8 Å². The minimum absolute atomic E-state index is 0.181. The lowest BCUT2D eigenvalue weighted by molar-refractivity contribution is -0.125. The van der Waals surface area contributed by atoms with Gasteiger partial charge in [-0.1, -0.05) is 50.1 Å². The van der Waals surface area contributed by atoms with E-state index in [0.29, 0.717) is 23.8 Å². The third kappa shape index (κ3) is 5.84. The fourth-order valence-electron chi connectivity index (χ4n) is 3.42. The molecule has 0 bridgehead atoms. The summed E-state index contributed by atoms with van der Waals surface area (Å²) in [5, 5.41) is 2.98. The zero-order valence-electron chi connectivity index (χ0n) is 16.2. The highest BCUT2D eigenvalue weighted by molar-refractivity contribution is 5.91. The van der Waals surface area contributed by atoms with Crippen molar-refractivity contribution in [3.8, 4) is 5.75 Å². The van der Waals surface area contributed by atoms with Crippen LogP contribution in [0.2, 0.25) is 0 Å². The van der Waals surface area contributed by atoms with Gasteiger partial charge >= 0.3 is 5.97 Å². The van der Waals surface area contributed by atoms with E-state index in [1.54, 1.807) is 24.3 Å². The van der Waals surface area contributed by atoms with Gasteiger partial charge in [0.25, 0.3) is 5.91 Å². The first kappa shape index (κ1) is 19.9. The molecule has 2 atom stereocenters. The van der Waals surface area contributed by atoms with Crippen molar-refractivity contribution in [3.05, 3.63) is 65.7 Å².